The maximum absolute atomic E-state index is 13.5. The normalized spacial score (nSPS) is 20.6. The van der Waals surface area contributed by atoms with Gasteiger partial charge in [0.2, 0.25) is 11.8 Å². The van der Waals surface area contributed by atoms with Gasteiger partial charge in [-0.3, -0.25) is 4.79 Å². The Morgan fingerprint density at radius 2 is 1.71 bits per heavy atom. The third kappa shape index (κ3) is 4.55. The molecule has 35 heavy (non-hydrogen) atoms. The molecule has 1 aliphatic heterocycles. The zero-order chi connectivity index (χ0) is 24.6. The molecule has 1 aliphatic carbocycles. The van der Waals surface area contributed by atoms with E-state index >= 15 is 0 Å². The number of hydrogen-bond acceptors (Lipinski definition) is 5. The van der Waals surface area contributed by atoms with Gasteiger partial charge in [-0.25, -0.2) is 8.78 Å². The Kier molecular flexibility index (Phi) is 6.10. The Labute approximate surface area is 203 Å². The number of amides is 1. The number of carbonyl (C=O) groups is 1. The summed E-state index contributed by atoms with van der Waals surface area (Å²) in [5.74, 6) is -2.17. The second-order valence-electron chi connectivity index (χ2n) is 9.56. The van der Waals surface area contributed by atoms with Crippen LogP contribution in [-0.2, 0) is 4.79 Å². The SMILES string of the molecule is CC1CN(C(=O)C2CCC(F)(F)CC2)CCN1c1nnc(-c2ccc(C#N)cc2)c2ccccc12. The summed E-state index contributed by atoms with van der Waals surface area (Å²) >= 11 is 0. The Hall–Kier alpha value is -3.60. The first-order valence-electron chi connectivity index (χ1n) is 12.1. The number of piperazine rings is 1. The van der Waals surface area contributed by atoms with Gasteiger partial charge in [-0.05, 0) is 31.9 Å². The number of aromatic nitrogens is 2. The van der Waals surface area contributed by atoms with Crippen LogP contribution < -0.4 is 4.90 Å². The van der Waals surface area contributed by atoms with E-state index in [4.69, 9.17) is 5.26 Å². The van der Waals surface area contributed by atoms with Crippen LogP contribution in [0.2, 0.25) is 0 Å². The average molecular weight is 476 g/mol. The maximum Gasteiger partial charge on any atom is 0.248 e. The van der Waals surface area contributed by atoms with Crippen molar-refractivity contribution in [3.63, 3.8) is 0 Å². The summed E-state index contributed by atoms with van der Waals surface area (Å²) in [6.07, 6.45) is 0.110. The maximum atomic E-state index is 13.5. The minimum absolute atomic E-state index is 0.000828. The lowest BCUT2D eigenvalue weighted by molar-refractivity contribution is -0.140. The van der Waals surface area contributed by atoms with Crippen molar-refractivity contribution < 1.29 is 13.6 Å². The molecule has 180 valence electrons. The molecular formula is C27H27F2N5O. The largest absolute Gasteiger partial charge is 0.348 e. The number of alkyl halides is 2. The predicted octanol–water partition coefficient (Wildman–Crippen LogP) is 5.03. The summed E-state index contributed by atoms with van der Waals surface area (Å²) in [4.78, 5) is 17.0. The van der Waals surface area contributed by atoms with E-state index in [0.717, 1.165) is 27.8 Å². The van der Waals surface area contributed by atoms with Gasteiger partial charge in [0.25, 0.3) is 0 Å². The van der Waals surface area contributed by atoms with Crippen molar-refractivity contribution in [1.82, 2.24) is 15.1 Å². The molecule has 2 aromatic carbocycles. The van der Waals surface area contributed by atoms with Crippen LogP contribution in [-0.4, -0.2) is 52.6 Å². The van der Waals surface area contributed by atoms with Gasteiger partial charge in [-0.2, -0.15) is 5.26 Å². The molecule has 2 fully saturated rings. The number of anilines is 1. The first-order valence-corrected chi connectivity index (χ1v) is 12.1. The Morgan fingerprint density at radius 1 is 1.03 bits per heavy atom. The fourth-order valence-electron chi connectivity index (χ4n) is 5.24. The minimum Gasteiger partial charge on any atom is -0.348 e. The number of hydrogen-bond donors (Lipinski definition) is 0. The van der Waals surface area contributed by atoms with Gasteiger partial charge in [0.1, 0.15) is 5.69 Å². The number of fused-ring (bicyclic) bond motifs is 1. The topological polar surface area (TPSA) is 73.1 Å². The molecule has 0 spiro atoms. The van der Waals surface area contributed by atoms with Crippen molar-refractivity contribution >= 4 is 22.5 Å². The molecule has 1 aromatic heterocycles. The van der Waals surface area contributed by atoms with Gasteiger partial charge >= 0.3 is 0 Å². The van der Waals surface area contributed by atoms with Crippen molar-refractivity contribution in [1.29, 1.82) is 5.26 Å². The smallest absolute Gasteiger partial charge is 0.248 e. The number of benzene rings is 2. The molecule has 1 amide bonds. The molecule has 5 rings (SSSR count). The second kappa shape index (κ2) is 9.21. The molecule has 2 heterocycles. The van der Waals surface area contributed by atoms with E-state index in [0.29, 0.717) is 25.2 Å². The standard InChI is InChI=1S/C27H27F2N5O/c1-18-17-33(26(35)21-10-12-27(28,29)13-11-21)14-15-34(18)25-23-5-3-2-4-22(23)24(31-32-25)20-8-6-19(16-30)7-9-20/h2-9,18,21H,10-15,17H2,1H3. The molecular weight excluding hydrogens is 448 g/mol. The molecule has 1 unspecified atom stereocenters. The highest BCUT2D eigenvalue weighted by Gasteiger charge is 2.40. The summed E-state index contributed by atoms with van der Waals surface area (Å²) in [6.45, 7) is 3.71. The molecule has 0 N–H and O–H groups in total. The lowest BCUT2D eigenvalue weighted by atomic mass is 9.85. The van der Waals surface area contributed by atoms with Gasteiger partial charge < -0.3 is 9.80 Å². The molecule has 8 heteroatoms. The number of nitriles is 1. The molecule has 0 radical (unpaired) electrons. The number of rotatable bonds is 3. The number of halogens is 2. The summed E-state index contributed by atoms with van der Waals surface area (Å²) in [7, 11) is 0. The summed E-state index contributed by atoms with van der Waals surface area (Å²) in [5.41, 5.74) is 2.23. The van der Waals surface area contributed by atoms with Crippen molar-refractivity contribution in [2.75, 3.05) is 24.5 Å². The summed E-state index contributed by atoms with van der Waals surface area (Å²) in [5, 5.41) is 20.2. The van der Waals surface area contributed by atoms with E-state index < -0.39 is 5.92 Å². The van der Waals surface area contributed by atoms with E-state index in [1.165, 1.54) is 0 Å². The molecule has 1 saturated carbocycles. The van der Waals surface area contributed by atoms with Gasteiger partial charge in [-0.1, -0.05) is 36.4 Å². The Morgan fingerprint density at radius 3 is 2.37 bits per heavy atom. The van der Waals surface area contributed by atoms with E-state index in [1.54, 1.807) is 12.1 Å². The number of nitrogens with zero attached hydrogens (tertiary/aromatic N) is 5. The highest BCUT2D eigenvalue weighted by Crippen LogP contribution is 2.38. The van der Waals surface area contributed by atoms with Gasteiger partial charge in [0, 0.05) is 60.8 Å². The number of carbonyl (C=O) groups excluding carboxylic acids is 1. The van der Waals surface area contributed by atoms with E-state index in [-0.39, 0.29) is 43.6 Å². The minimum atomic E-state index is -2.63. The first-order chi connectivity index (χ1) is 16.9. The van der Waals surface area contributed by atoms with E-state index in [9.17, 15) is 13.6 Å². The van der Waals surface area contributed by atoms with Crippen LogP contribution in [0.15, 0.2) is 48.5 Å². The fourth-order valence-corrected chi connectivity index (χ4v) is 5.24. The van der Waals surface area contributed by atoms with E-state index in [2.05, 4.69) is 28.1 Å². The summed E-state index contributed by atoms with van der Waals surface area (Å²) in [6, 6.07) is 17.4. The Bertz CT molecular complexity index is 1280. The fraction of sp³-hybridized carbons (Fsp3) is 0.407. The van der Waals surface area contributed by atoms with Gasteiger partial charge in [0.15, 0.2) is 5.82 Å². The van der Waals surface area contributed by atoms with Crippen LogP contribution in [0.5, 0.6) is 0 Å². The quantitative estimate of drug-likeness (QED) is 0.531. The lowest BCUT2D eigenvalue weighted by Crippen LogP contribution is -2.55. The van der Waals surface area contributed by atoms with Gasteiger partial charge in [-0.15, -0.1) is 10.2 Å². The van der Waals surface area contributed by atoms with Crippen molar-refractivity contribution in [3.05, 3.63) is 54.1 Å². The van der Waals surface area contributed by atoms with Crippen LogP contribution in [0.3, 0.4) is 0 Å². The molecule has 0 bridgehead atoms. The third-order valence-corrected chi connectivity index (χ3v) is 7.23. The first kappa shape index (κ1) is 23.2. The average Bonchev–Trinajstić information content (AvgIpc) is 2.88. The highest BCUT2D eigenvalue weighted by atomic mass is 19.3. The van der Waals surface area contributed by atoms with Crippen LogP contribution >= 0.6 is 0 Å². The van der Waals surface area contributed by atoms with Crippen LogP contribution in [0.1, 0.15) is 38.2 Å². The van der Waals surface area contributed by atoms with Crippen molar-refractivity contribution in [3.8, 4) is 17.3 Å². The molecule has 6 nitrogen and oxygen atoms in total. The van der Waals surface area contributed by atoms with Crippen LogP contribution in [0.25, 0.3) is 22.0 Å². The van der Waals surface area contributed by atoms with Crippen LogP contribution in [0, 0.1) is 17.2 Å². The lowest BCUT2D eigenvalue weighted by Gasteiger charge is -2.42. The molecule has 2 aliphatic rings. The zero-order valence-electron chi connectivity index (χ0n) is 19.6. The summed E-state index contributed by atoms with van der Waals surface area (Å²) < 4.78 is 27.1. The monoisotopic (exact) mass is 475 g/mol. The predicted molar refractivity (Wildman–Crippen MR) is 130 cm³/mol. The van der Waals surface area contributed by atoms with E-state index in [1.807, 2.05) is 41.3 Å². The molecule has 1 saturated heterocycles. The van der Waals surface area contributed by atoms with Crippen molar-refractivity contribution in [2.45, 2.75) is 44.6 Å². The molecule has 3 aromatic rings. The third-order valence-electron chi connectivity index (χ3n) is 7.23. The highest BCUT2D eigenvalue weighted by molar-refractivity contribution is 6.00. The Balaban J connectivity index is 1.37. The molecule has 1 atom stereocenters. The van der Waals surface area contributed by atoms with Gasteiger partial charge in [0.05, 0.1) is 11.6 Å². The second-order valence-corrected chi connectivity index (χ2v) is 9.56. The zero-order valence-corrected chi connectivity index (χ0v) is 19.6. The van der Waals surface area contributed by atoms with Crippen LogP contribution in [0.4, 0.5) is 14.6 Å². The van der Waals surface area contributed by atoms with Crippen molar-refractivity contribution in [2.24, 2.45) is 5.92 Å².